The third-order valence-corrected chi connectivity index (χ3v) is 4.78. The number of nitrogens with zero attached hydrogens (tertiary/aromatic N) is 3. The number of rotatable bonds is 4. The second-order valence-corrected chi connectivity index (χ2v) is 6.92. The van der Waals surface area contributed by atoms with Gasteiger partial charge in [0.05, 0.1) is 10.6 Å². The summed E-state index contributed by atoms with van der Waals surface area (Å²) in [5, 5.41) is 6.60. The van der Waals surface area contributed by atoms with Gasteiger partial charge in [0, 0.05) is 38.9 Å². The average Bonchev–Trinajstić information content (AvgIpc) is 3.13. The highest BCUT2D eigenvalue weighted by Crippen LogP contribution is 2.34. The van der Waals surface area contributed by atoms with E-state index in [1.54, 1.807) is 7.05 Å². The van der Waals surface area contributed by atoms with E-state index in [1.165, 1.54) is 0 Å². The number of halogens is 5. The smallest absolute Gasteiger partial charge is 0.353 e. The van der Waals surface area contributed by atoms with Gasteiger partial charge in [-0.15, -0.1) is 24.0 Å². The number of pyridine rings is 1. The van der Waals surface area contributed by atoms with Crippen molar-refractivity contribution in [2.45, 2.75) is 25.2 Å². The molecule has 1 aromatic carbocycles. The Morgan fingerprint density at radius 2 is 2.03 bits per heavy atom. The molecule has 158 valence electrons. The van der Waals surface area contributed by atoms with Crippen molar-refractivity contribution in [2.24, 2.45) is 4.99 Å². The highest BCUT2D eigenvalue weighted by Gasteiger charge is 2.33. The van der Waals surface area contributed by atoms with Gasteiger partial charge in [-0.05, 0) is 18.1 Å². The molecule has 3 rings (SSSR count). The summed E-state index contributed by atoms with van der Waals surface area (Å²) in [6.45, 7) is 1.86. The van der Waals surface area contributed by atoms with E-state index < -0.39 is 11.7 Å². The number of guanidine groups is 1. The summed E-state index contributed by atoms with van der Waals surface area (Å²) < 4.78 is 38.3. The Bertz CT molecular complexity index is 832. The lowest BCUT2D eigenvalue weighted by atomic mass is 10.2. The fourth-order valence-electron chi connectivity index (χ4n) is 3.06. The number of nitrogens with one attached hydrogen (secondary N) is 2. The minimum atomic E-state index is -4.46. The Hall–Kier alpha value is -1.75. The highest BCUT2D eigenvalue weighted by atomic mass is 127. The first-order valence-corrected chi connectivity index (χ1v) is 9.23. The van der Waals surface area contributed by atoms with Crippen LogP contribution in [0, 0.1) is 0 Å². The van der Waals surface area contributed by atoms with Crippen molar-refractivity contribution >= 4 is 47.4 Å². The first-order chi connectivity index (χ1) is 13.4. The molecule has 0 radical (unpaired) electrons. The number of anilines is 1. The van der Waals surface area contributed by atoms with Crippen LogP contribution in [0.1, 0.15) is 17.5 Å². The van der Waals surface area contributed by atoms with Crippen LogP contribution in [0.3, 0.4) is 0 Å². The largest absolute Gasteiger partial charge is 0.417 e. The van der Waals surface area contributed by atoms with Crippen LogP contribution in [0.2, 0.25) is 5.02 Å². The summed E-state index contributed by atoms with van der Waals surface area (Å²) in [7, 11) is 1.70. The van der Waals surface area contributed by atoms with Crippen molar-refractivity contribution in [3.63, 3.8) is 0 Å². The summed E-state index contributed by atoms with van der Waals surface area (Å²) in [6, 6.07) is 11.0. The van der Waals surface area contributed by atoms with Gasteiger partial charge in [0.2, 0.25) is 0 Å². The zero-order valence-corrected chi connectivity index (χ0v) is 18.8. The van der Waals surface area contributed by atoms with Gasteiger partial charge in [-0.2, -0.15) is 13.2 Å². The zero-order valence-electron chi connectivity index (χ0n) is 15.7. The molecule has 1 aliphatic rings. The van der Waals surface area contributed by atoms with Gasteiger partial charge >= 0.3 is 6.18 Å². The molecule has 1 aliphatic heterocycles. The van der Waals surface area contributed by atoms with Gasteiger partial charge in [0.15, 0.2) is 5.96 Å². The molecule has 2 heterocycles. The Balaban J connectivity index is 0.00000300. The van der Waals surface area contributed by atoms with Gasteiger partial charge in [0.25, 0.3) is 0 Å². The summed E-state index contributed by atoms with van der Waals surface area (Å²) in [4.78, 5) is 10.0. The van der Waals surface area contributed by atoms with Gasteiger partial charge in [-0.3, -0.25) is 4.99 Å². The number of benzene rings is 1. The van der Waals surface area contributed by atoms with Crippen molar-refractivity contribution in [3.8, 4) is 0 Å². The molecular formula is C19H22ClF3IN5. The summed E-state index contributed by atoms with van der Waals surface area (Å²) in [5.74, 6) is 1.04. The number of alkyl halides is 3. The van der Waals surface area contributed by atoms with E-state index in [9.17, 15) is 13.2 Å². The van der Waals surface area contributed by atoms with Crippen LogP contribution in [-0.2, 0) is 12.7 Å². The van der Waals surface area contributed by atoms with Crippen LogP contribution in [0.5, 0.6) is 0 Å². The van der Waals surface area contributed by atoms with Crippen molar-refractivity contribution in [1.82, 2.24) is 15.6 Å². The van der Waals surface area contributed by atoms with Gasteiger partial charge in [-0.1, -0.05) is 41.9 Å². The first-order valence-electron chi connectivity index (χ1n) is 8.85. The predicted octanol–water partition coefficient (Wildman–Crippen LogP) is 4.32. The van der Waals surface area contributed by atoms with E-state index >= 15 is 0 Å². The molecule has 5 nitrogen and oxygen atoms in total. The lowest BCUT2D eigenvalue weighted by molar-refractivity contribution is -0.137. The van der Waals surface area contributed by atoms with Crippen LogP contribution in [0.25, 0.3) is 0 Å². The molecule has 0 aliphatic carbocycles. The van der Waals surface area contributed by atoms with Crippen LogP contribution in [0.15, 0.2) is 47.6 Å². The molecule has 1 unspecified atom stereocenters. The second-order valence-electron chi connectivity index (χ2n) is 6.51. The lowest BCUT2D eigenvalue weighted by Gasteiger charge is -2.21. The van der Waals surface area contributed by atoms with E-state index in [0.29, 0.717) is 31.4 Å². The fraction of sp³-hybridized carbons (Fsp3) is 0.368. The Kier molecular flexibility index (Phi) is 8.38. The summed E-state index contributed by atoms with van der Waals surface area (Å²) in [6.07, 6.45) is -2.84. The number of aliphatic imine (C=N–C) groups is 1. The molecule has 1 fully saturated rings. The van der Waals surface area contributed by atoms with Crippen LogP contribution in [0.4, 0.5) is 19.0 Å². The molecular weight excluding hydrogens is 518 g/mol. The molecule has 0 bridgehead atoms. The van der Waals surface area contributed by atoms with Crippen molar-refractivity contribution < 1.29 is 13.2 Å². The average molecular weight is 540 g/mol. The van der Waals surface area contributed by atoms with Crippen LogP contribution >= 0.6 is 35.6 Å². The van der Waals surface area contributed by atoms with Crippen molar-refractivity contribution in [2.75, 3.05) is 25.0 Å². The third-order valence-electron chi connectivity index (χ3n) is 4.50. The number of hydrogen-bond acceptors (Lipinski definition) is 3. The molecule has 10 heteroatoms. The summed E-state index contributed by atoms with van der Waals surface area (Å²) >= 11 is 6.05. The van der Waals surface area contributed by atoms with Crippen LogP contribution < -0.4 is 15.5 Å². The quantitative estimate of drug-likeness (QED) is 0.345. The SMILES string of the molecule is CN=C(NCc1ccccc1)NC1CCN(c2ncc(C(F)(F)F)cc2Cl)C1.I. The molecule has 1 atom stereocenters. The van der Waals surface area contributed by atoms with Crippen molar-refractivity contribution in [1.29, 1.82) is 0 Å². The van der Waals surface area contributed by atoms with Gasteiger partial charge in [-0.25, -0.2) is 4.98 Å². The summed E-state index contributed by atoms with van der Waals surface area (Å²) in [5.41, 5.74) is 0.292. The number of hydrogen-bond donors (Lipinski definition) is 2. The maximum absolute atomic E-state index is 12.8. The molecule has 0 amide bonds. The second kappa shape index (κ2) is 10.3. The zero-order chi connectivity index (χ0) is 20.1. The van der Waals surface area contributed by atoms with Crippen molar-refractivity contribution in [3.05, 3.63) is 58.7 Å². The third kappa shape index (κ3) is 6.36. The number of aromatic nitrogens is 1. The molecule has 2 aromatic rings. The van der Waals surface area contributed by atoms with Crippen LogP contribution in [-0.4, -0.2) is 37.1 Å². The standard InChI is InChI=1S/C19H21ClF3N5.HI/c1-24-18(26-10-13-5-3-2-4-6-13)27-15-7-8-28(12-15)17-16(20)9-14(11-25-17)19(21,22)23;/h2-6,9,11,15H,7-8,10,12H2,1H3,(H2,24,26,27);1H. The van der Waals surface area contributed by atoms with Gasteiger partial charge in [0.1, 0.15) is 5.82 Å². The minimum Gasteiger partial charge on any atom is -0.353 e. The fourth-order valence-corrected chi connectivity index (χ4v) is 3.34. The molecule has 1 aromatic heterocycles. The van der Waals surface area contributed by atoms with E-state index in [1.807, 2.05) is 35.2 Å². The maximum Gasteiger partial charge on any atom is 0.417 e. The molecule has 0 saturated carbocycles. The molecule has 0 spiro atoms. The molecule has 29 heavy (non-hydrogen) atoms. The highest BCUT2D eigenvalue weighted by molar-refractivity contribution is 14.0. The Labute approximate surface area is 189 Å². The normalized spacial score (nSPS) is 17.1. The minimum absolute atomic E-state index is 0. The van der Waals surface area contributed by atoms with Gasteiger partial charge < -0.3 is 15.5 Å². The topological polar surface area (TPSA) is 52.6 Å². The lowest BCUT2D eigenvalue weighted by Crippen LogP contribution is -2.44. The first kappa shape index (κ1) is 23.5. The predicted molar refractivity (Wildman–Crippen MR) is 120 cm³/mol. The molecule has 1 saturated heterocycles. The maximum atomic E-state index is 12.8. The Morgan fingerprint density at radius 3 is 2.66 bits per heavy atom. The Morgan fingerprint density at radius 1 is 1.31 bits per heavy atom. The van der Waals surface area contributed by atoms with E-state index in [-0.39, 0.29) is 35.0 Å². The van der Waals surface area contributed by atoms with E-state index in [2.05, 4.69) is 20.6 Å². The monoisotopic (exact) mass is 539 g/mol. The molecule has 2 N–H and O–H groups in total. The van der Waals surface area contributed by atoms with E-state index in [0.717, 1.165) is 24.2 Å². The van der Waals surface area contributed by atoms with E-state index in [4.69, 9.17) is 11.6 Å².